The highest BCUT2D eigenvalue weighted by Crippen LogP contribution is 2.11. The van der Waals surface area contributed by atoms with E-state index in [1.807, 2.05) is 0 Å². The highest BCUT2D eigenvalue weighted by molar-refractivity contribution is 5.45. The van der Waals surface area contributed by atoms with Gasteiger partial charge < -0.3 is 15.3 Å². The lowest BCUT2D eigenvalue weighted by molar-refractivity contribution is 0.283. The van der Waals surface area contributed by atoms with Crippen molar-refractivity contribution in [2.24, 2.45) is 0 Å². The van der Waals surface area contributed by atoms with Gasteiger partial charge in [-0.05, 0) is 43.5 Å². The van der Waals surface area contributed by atoms with Crippen LogP contribution in [-0.4, -0.2) is 32.4 Å². The van der Waals surface area contributed by atoms with Crippen LogP contribution in [0.2, 0.25) is 0 Å². The molecule has 1 rings (SSSR count). The molecule has 0 radical (unpaired) electrons. The van der Waals surface area contributed by atoms with E-state index < -0.39 is 0 Å². The molecule has 0 aliphatic heterocycles. The quantitative estimate of drug-likeness (QED) is 0.678. The second-order valence-electron chi connectivity index (χ2n) is 4.52. The SMILES string of the molecule is CN(C)c1ccc(CNCCCCCO)cc1. The maximum absolute atomic E-state index is 8.65. The molecule has 2 N–H and O–H groups in total. The van der Waals surface area contributed by atoms with Gasteiger partial charge in [0.15, 0.2) is 0 Å². The van der Waals surface area contributed by atoms with Gasteiger partial charge in [0.1, 0.15) is 0 Å². The Hall–Kier alpha value is -1.06. The third-order valence-electron chi connectivity index (χ3n) is 2.79. The van der Waals surface area contributed by atoms with E-state index in [0.29, 0.717) is 6.61 Å². The molecule has 1 aromatic rings. The summed E-state index contributed by atoms with van der Waals surface area (Å²) in [7, 11) is 4.10. The van der Waals surface area contributed by atoms with Crippen LogP contribution in [0.4, 0.5) is 5.69 Å². The highest BCUT2D eigenvalue weighted by Gasteiger charge is 1.96. The number of nitrogens with one attached hydrogen (secondary N) is 1. The van der Waals surface area contributed by atoms with E-state index >= 15 is 0 Å². The average molecular weight is 236 g/mol. The van der Waals surface area contributed by atoms with Crippen LogP contribution in [0.3, 0.4) is 0 Å². The maximum Gasteiger partial charge on any atom is 0.0431 e. The number of hydrogen-bond donors (Lipinski definition) is 2. The molecule has 0 atom stereocenters. The molecule has 0 spiro atoms. The Labute approximate surface area is 104 Å². The lowest BCUT2D eigenvalue weighted by Crippen LogP contribution is -2.15. The van der Waals surface area contributed by atoms with Crippen LogP contribution in [0.1, 0.15) is 24.8 Å². The lowest BCUT2D eigenvalue weighted by Gasteiger charge is -2.12. The predicted octanol–water partition coefficient (Wildman–Crippen LogP) is 2.00. The Bertz CT molecular complexity index is 296. The Kier molecular flexibility index (Phi) is 6.67. The van der Waals surface area contributed by atoms with Crippen molar-refractivity contribution in [1.29, 1.82) is 0 Å². The van der Waals surface area contributed by atoms with Gasteiger partial charge in [0.2, 0.25) is 0 Å². The molecule has 0 fully saturated rings. The molecule has 0 bridgehead atoms. The molecule has 3 nitrogen and oxygen atoms in total. The number of aliphatic hydroxyl groups is 1. The third-order valence-corrected chi connectivity index (χ3v) is 2.79. The summed E-state index contributed by atoms with van der Waals surface area (Å²) in [5, 5.41) is 12.1. The van der Waals surface area contributed by atoms with E-state index in [1.54, 1.807) is 0 Å². The zero-order valence-electron chi connectivity index (χ0n) is 10.9. The summed E-state index contributed by atoms with van der Waals surface area (Å²) in [4.78, 5) is 2.10. The van der Waals surface area contributed by atoms with E-state index in [4.69, 9.17) is 5.11 Å². The van der Waals surface area contributed by atoms with Crippen LogP contribution in [0.25, 0.3) is 0 Å². The first kappa shape index (κ1) is 14.0. The van der Waals surface area contributed by atoms with Crippen molar-refractivity contribution in [3.8, 4) is 0 Å². The Morgan fingerprint density at radius 2 is 1.76 bits per heavy atom. The second-order valence-corrected chi connectivity index (χ2v) is 4.52. The van der Waals surface area contributed by atoms with Gasteiger partial charge in [-0.25, -0.2) is 0 Å². The van der Waals surface area contributed by atoms with Gasteiger partial charge in [0.25, 0.3) is 0 Å². The van der Waals surface area contributed by atoms with Gasteiger partial charge in [-0.2, -0.15) is 0 Å². The zero-order valence-corrected chi connectivity index (χ0v) is 10.9. The summed E-state index contributed by atoms with van der Waals surface area (Å²) in [5.74, 6) is 0. The third kappa shape index (κ3) is 5.71. The van der Waals surface area contributed by atoms with Crippen molar-refractivity contribution in [2.45, 2.75) is 25.8 Å². The number of anilines is 1. The van der Waals surface area contributed by atoms with Crippen molar-refractivity contribution in [3.63, 3.8) is 0 Å². The van der Waals surface area contributed by atoms with E-state index in [0.717, 1.165) is 32.4 Å². The molecule has 0 heterocycles. The van der Waals surface area contributed by atoms with E-state index in [2.05, 4.69) is 48.6 Å². The molecule has 1 aromatic carbocycles. The minimum atomic E-state index is 0.312. The van der Waals surface area contributed by atoms with E-state index in [-0.39, 0.29) is 0 Å². The summed E-state index contributed by atoms with van der Waals surface area (Å²) in [6.07, 6.45) is 3.15. The van der Waals surface area contributed by atoms with Gasteiger partial charge >= 0.3 is 0 Å². The molecule has 0 aliphatic carbocycles. The summed E-state index contributed by atoms with van der Waals surface area (Å²) in [5.41, 5.74) is 2.55. The molecule has 17 heavy (non-hydrogen) atoms. The molecule has 0 saturated carbocycles. The first-order valence-corrected chi connectivity index (χ1v) is 6.32. The number of rotatable bonds is 8. The van der Waals surface area contributed by atoms with Crippen LogP contribution in [-0.2, 0) is 6.54 Å². The molecule has 96 valence electrons. The first-order valence-electron chi connectivity index (χ1n) is 6.32. The monoisotopic (exact) mass is 236 g/mol. The number of hydrogen-bond acceptors (Lipinski definition) is 3. The number of aliphatic hydroxyl groups excluding tert-OH is 1. The Morgan fingerprint density at radius 1 is 1.06 bits per heavy atom. The molecular formula is C14H24N2O. The summed E-state index contributed by atoms with van der Waals surface area (Å²) >= 11 is 0. The molecule has 0 aromatic heterocycles. The van der Waals surface area contributed by atoms with Crippen molar-refractivity contribution >= 4 is 5.69 Å². The summed E-state index contributed by atoms with van der Waals surface area (Å²) in [6.45, 7) is 2.26. The van der Waals surface area contributed by atoms with Crippen LogP contribution in [0, 0.1) is 0 Å². The van der Waals surface area contributed by atoms with Crippen molar-refractivity contribution in [1.82, 2.24) is 5.32 Å². The number of nitrogens with zero attached hydrogens (tertiary/aromatic N) is 1. The molecule has 0 unspecified atom stereocenters. The van der Waals surface area contributed by atoms with Gasteiger partial charge in [-0.15, -0.1) is 0 Å². The summed E-state index contributed by atoms with van der Waals surface area (Å²) < 4.78 is 0. The highest BCUT2D eigenvalue weighted by atomic mass is 16.2. The Balaban J connectivity index is 2.19. The van der Waals surface area contributed by atoms with Crippen LogP contribution < -0.4 is 10.2 Å². The van der Waals surface area contributed by atoms with Crippen LogP contribution in [0.15, 0.2) is 24.3 Å². The largest absolute Gasteiger partial charge is 0.396 e. The molecule has 0 amide bonds. The lowest BCUT2D eigenvalue weighted by atomic mass is 10.2. The number of benzene rings is 1. The summed E-state index contributed by atoms with van der Waals surface area (Å²) in [6, 6.07) is 8.61. The van der Waals surface area contributed by atoms with Crippen LogP contribution >= 0.6 is 0 Å². The molecule has 0 saturated heterocycles. The van der Waals surface area contributed by atoms with Gasteiger partial charge in [0, 0.05) is 32.9 Å². The fraction of sp³-hybridized carbons (Fsp3) is 0.571. The van der Waals surface area contributed by atoms with Gasteiger partial charge in [-0.1, -0.05) is 12.1 Å². The average Bonchev–Trinajstić information content (AvgIpc) is 2.34. The normalized spacial score (nSPS) is 10.5. The maximum atomic E-state index is 8.65. The molecular weight excluding hydrogens is 212 g/mol. The van der Waals surface area contributed by atoms with E-state index in [9.17, 15) is 0 Å². The molecule has 0 aliphatic rings. The fourth-order valence-electron chi connectivity index (χ4n) is 1.68. The minimum Gasteiger partial charge on any atom is -0.396 e. The smallest absolute Gasteiger partial charge is 0.0431 e. The van der Waals surface area contributed by atoms with Crippen molar-refractivity contribution in [2.75, 3.05) is 32.1 Å². The zero-order chi connectivity index (χ0) is 12.5. The second kappa shape index (κ2) is 8.09. The van der Waals surface area contributed by atoms with Crippen molar-refractivity contribution in [3.05, 3.63) is 29.8 Å². The number of unbranched alkanes of at least 4 members (excludes halogenated alkanes) is 2. The Morgan fingerprint density at radius 3 is 2.35 bits per heavy atom. The van der Waals surface area contributed by atoms with Gasteiger partial charge in [0.05, 0.1) is 0 Å². The first-order chi connectivity index (χ1) is 8.24. The minimum absolute atomic E-state index is 0.312. The van der Waals surface area contributed by atoms with Gasteiger partial charge in [-0.3, -0.25) is 0 Å². The topological polar surface area (TPSA) is 35.5 Å². The molecule has 3 heteroatoms. The van der Waals surface area contributed by atoms with Crippen LogP contribution in [0.5, 0.6) is 0 Å². The van der Waals surface area contributed by atoms with E-state index in [1.165, 1.54) is 11.3 Å². The fourth-order valence-corrected chi connectivity index (χ4v) is 1.68. The van der Waals surface area contributed by atoms with Crippen molar-refractivity contribution < 1.29 is 5.11 Å². The standard InChI is InChI=1S/C14H24N2O/c1-16(2)14-8-6-13(7-9-14)12-15-10-4-3-5-11-17/h6-9,15,17H,3-5,10-12H2,1-2H3. The predicted molar refractivity (Wildman–Crippen MR) is 73.4 cm³/mol.